The van der Waals surface area contributed by atoms with Crippen LogP contribution in [-0.2, 0) is 0 Å². The van der Waals surface area contributed by atoms with E-state index < -0.39 is 5.78 Å². The zero-order chi connectivity index (χ0) is 15.9. The smallest absolute Gasteiger partial charge is 0.198 e. The van der Waals surface area contributed by atoms with Gasteiger partial charge in [-0.05, 0) is 6.42 Å². The van der Waals surface area contributed by atoms with Gasteiger partial charge in [-0.25, -0.2) is 0 Å². The average Bonchev–Trinajstić information content (AvgIpc) is 2.53. The number of anilines is 1. The molecule has 0 fully saturated rings. The number of nitrogens with two attached hydrogens (primary N) is 1. The Bertz CT molecular complexity index is 795. The second-order valence-corrected chi connectivity index (χ2v) is 5.11. The van der Waals surface area contributed by atoms with E-state index in [0.717, 1.165) is 6.42 Å². The maximum Gasteiger partial charge on any atom is 0.198 e. The number of benzene rings is 2. The number of rotatable bonds is 3. The van der Waals surface area contributed by atoms with Crippen LogP contribution in [0.4, 0.5) is 5.69 Å². The molecule has 0 unspecified atom stereocenters. The van der Waals surface area contributed by atoms with Crippen LogP contribution in [0.2, 0.25) is 0 Å². The van der Waals surface area contributed by atoms with Crippen molar-refractivity contribution < 1.29 is 19.4 Å². The monoisotopic (exact) mass is 297 g/mol. The fourth-order valence-electron chi connectivity index (χ4n) is 2.61. The Balaban J connectivity index is 2.24. The van der Waals surface area contributed by atoms with E-state index in [2.05, 4.69) is 0 Å². The van der Waals surface area contributed by atoms with Crippen molar-refractivity contribution in [3.8, 4) is 11.5 Å². The summed E-state index contributed by atoms with van der Waals surface area (Å²) in [5.41, 5.74) is 6.64. The molecule has 1 aliphatic carbocycles. The molecule has 2 aromatic carbocycles. The summed E-state index contributed by atoms with van der Waals surface area (Å²) in [6.07, 6.45) is 0.757. The van der Waals surface area contributed by atoms with Crippen LogP contribution in [0.3, 0.4) is 0 Å². The lowest BCUT2D eigenvalue weighted by molar-refractivity contribution is 0.0977. The third-order valence-corrected chi connectivity index (χ3v) is 3.64. The number of ether oxygens (including phenoxy) is 1. The molecule has 2 aromatic rings. The normalized spacial score (nSPS) is 12.8. The van der Waals surface area contributed by atoms with Crippen LogP contribution in [0, 0.1) is 0 Å². The van der Waals surface area contributed by atoms with Gasteiger partial charge in [0, 0.05) is 17.2 Å². The van der Waals surface area contributed by atoms with Crippen molar-refractivity contribution in [2.24, 2.45) is 0 Å². The Labute approximate surface area is 127 Å². The highest BCUT2D eigenvalue weighted by molar-refractivity contribution is 6.31. The fourth-order valence-corrected chi connectivity index (χ4v) is 2.61. The van der Waals surface area contributed by atoms with Gasteiger partial charge in [-0.15, -0.1) is 0 Å². The van der Waals surface area contributed by atoms with Gasteiger partial charge >= 0.3 is 0 Å². The Kier molecular flexibility index (Phi) is 3.33. The molecule has 0 radical (unpaired) electrons. The van der Waals surface area contributed by atoms with Crippen molar-refractivity contribution in [2.75, 3.05) is 12.3 Å². The summed E-state index contributed by atoms with van der Waals surface area (Å²) in [6, 6.07) is 7.80. The van der Waals surface area contributed by atoms with E-state index in [0.29, 0.717) is 12.2 Å². The van der Waals surface area contributed by atoms with Crippen LogP contribution < -0.4 is 10.5 Å². The first-order valence-corrected chi connectivity index (χ1v) is 7.03. The molecule has 0 aromatic heterocycles. The van der Waals surface area contributed by atoms with Gasteiger partial charge in [-0.2, -0.15) is 0 Å². The number of phenolic OH excluding ortho intramolecular Hbond substituents is 1. The first kappa shape index (κ1) is 14.1. The molecule has 0 aliphatic heterocycles. The summed E-state index contributed by atoms with van der Waals surface area (Å²) >= 11 is 0. The van der Waals surface area contributed by atoms with Gasteiger partial charge in [-0.3, -0.25) is 9.59 Å². The molecule has 3 rings (SSSR count). The van der Waals surface area contributed by atoms with Gasteiger partial charge in [0.05, 0.1) is 23.4 Å². The number of fused-ring (bicyclic) bond motifs is 2. The Morgan fingerprint density at radius 2 is 1.68 bits per heavy atom. The molecular weight excluding hydrogens is 282 g/mol. The summed E-state index contributed by atoms with van der Waals surface area (Å²) < 4.78 is 5.46. The summed E-state index contributed by atoms with van der Waals surface area (Å²) in [4.78, 5) is 25.2. The molecule has 112 valence electrons. The molecule has 0 atom stereocenters. The third-order valence-electron chi connectivity index (χ3n) is 3.64. The zero-order valence-electron chi connectivity index (χ0n) is 12.1. The minimum atomic E-state index is -0.406. The zero-order valence-corrected chi connectivity index (χ0v) is 12.1. The Hall–Kier alpha value is -2.82. The number of carbonyl (C=O) groups is 2. The van der Waals surface area contributed by atoms with Crippen molar-refractivity contribution in [3.63, 3.8) is 0 Å². The van der Waals surface area contributed by atoms with Crippen LogP contribution in [0.15, 0.2) is 30.3 Å². The standard InChI is InChI=1S/C17H15NO4/c1-2-7-22-12-8-11(19)13-14(15(12)18)17(21)10-6-4-3-5-9(10)16(13)20/h3-6,8,19H,2,7,18H2,1H3. The molecule has 1 aliphatic rings. The molecule has 0 heterocycles. The highest BCUT2D eigenvalue weighted by Gasteiger charge is 2.35. The number of phenols is 1. The molecule has 5 heteroatoms. The molecule has 5 nitrogen and oxygen atoms in total. The van der Waals surface area contributed by atoms with Crippen molar-refractivity contribution >= 4 is 17.3 Å². The van der Waals surface area contributed by atoms with Crippen LogP contribution in [0.1, 0.15) is 45.2 Å². The van der Waals surface area contributed by atoms with Gasteiger partial charge < -0.3 is 15.6 Å². The third kappa shape index (κ3) is 1.94. The molecule has 22 heavy (non-hydrogen) atoms. The lowest BCUT2D eigenvalue weighted by Crippen LogP contribution is -2.23. The molecule has 0 bridgehead atoms. The highest BCUT2D eigenvalue weighted by atomic mass is 16.5. The van der Waals surface area contributed by atoms with Crippen molar-refractivity contribution in [1.29, 1.82) is 0 Å². The molecule has 0 saturated carbocycles. The quantitative estimate of drug-likeness (QED) is 0.573. The SMILES string of the molecule is CCCOc1cc(O)c2c(c1N)C(=O)c1ccccc1C2=O. The van der Waals surface area contributed by atoms with Crippen molar-refractivity contribution in [1.82, 2.24) is 0 Å². The second-order valence-electron chi connectivity index (χ2n) is 5.11. The number of hydrogen-bond donors (Lipinski definition) is 2. The molecule has 0 spiro atoms. The maximum atomic E-state index is 12.7. The van der Waals surface area contributed by atoms with Gasteiger partial charge in [0.15, 0.2) is 11.6 Å². The summed E-state index contributed by atoms with van der Waals surface area (Å²) in [5, 5.41) is 10.2. The molecule has 0 amide bonds. The van der Waals surface area contributed by atoms with Crippen molar-refractivity contribution in [3.05, 3.63) is 52.6 Å². The largest absolute Gasteiger partial charge is 0.507 e. The van der Waals surface area contributed by atoms with E-state index in [-0.39, 0.29) is 39.7 Å². The van der Waals surface area contributed by atoms with Gasteiger partial charge in [-0.1, -0.05) is 31.2 Å². The average molecular weight is 297 g/mol. The van der Waals surface area contributed by atoms with Gasteiger partial charge in [0.1, 0.15) is 11.5 Å². The maximum absolute atomic E-state index is 12.7. The lowest BCUT2D eigenvalue weighted by Gasteiger charge is -2.21. The van der Waals surface area contributed by atoms with Gasteiger partial charge in [0.25, 0.3) is 0 Å². The minimum Gasteiger partial charge on any atom is -0.507 e. The first-order chi connectivity index (χ1) is 10.6. The second kappa shape index (κ2) is 5.18. The first-order valence-electron chi connectivity index (χ1n) is 7.03. The fraction of sp³-hybridized carbons (Fsp3) is 0.176. The van der Waals surface area contributed by atoms with E-state index in [4.69, 9.17) is 10.5 Å². The number of carbonyl (C=O) groups excluding carboxylic acids is 2. The number of nitrogen functional groups attached to an aromatic ring is 1. The molecule has 0 saturated heterocycles. The summed E-state index contributed by atoms with van der Waals surface area (Å²) in [5.74, 6) is -0.849. The van der Waals surface area contributed by atoms with E-state index in [1.807, 2.05) is 6.92 Å². The van der Waals surface area contributed by atoms with Gasteiger partial charge in [0.2, 0.25) is 0 Å². The number of hydrogen-bond acceptors (Lipinski definition) is 5. The van der Waals surface area contributed by atoms with Crippen LogP contribution in [0.25, 0.3) is 0 Å². The van der Waals surface area contributed by atoms with Crippen LogP contribution >= 0.6 is 0 Å². The van der Waals surface area contributed by atoms with E-state index in [9.17, 15) is 14.7 Å². The Morgan fingerprint density at radius 3 is 2.27 bits per heavy atom. The number of aromatic hydroxyl groups is 1. The summed E-state index contributed by atoms with van der Waals surface area (Å²) in [6.45, 7) is 2.33. The predicted octanol–water partition coefficient (Wildman–Crippen LogP) is 2.54. The van der Waals surface area contributed by atoms with E-state index in [1.54, 1.807) is 24.3 Å². The van der Waals surface area contributed by atoms with Crippen molar-refractivity contribution in [2.45, 2.75) is 13.3 Å². The number of ketones is 2. The van der Waals surface area contributed by atoms with Crippen LogP contribution in [0.5, 0.6) is 11.5 Å². The highest BCUT2D eigenvalue weighted by Crippen LogP contribution is 2.41. The topological polar surface area (TPSA) is 89.6 Å². The molecule has 3 N–H and O–H groups in total. The summed E-state index contributed by atoms with van der Waals surface area (Å²) in [7, 11) is 0. The van der Waals surface area contributed by atoms with Crippen LogP contribution in [-0.4, -0.2) is 23.3 Å². The minimum absolute atomic E-state index is 0.0230. The van der Waals surface area contributed by atoms with E-state index in [1.165, 1.54) is 6.07 Å². The molecular formula is C17H15NO4. The van der Waals surface area contributed by atoms with E-state index >= 15 is 0 Å². The Morgan fingerprint density at radius 1 is 1.09 bits per heavy atom. The lowest BCUT2D eigenvalue weighted by atomic mass is 9.82. The predicted molar refractivity (Wildman–Crippen MR) is 81.6 cm³/mol.